The SMILES string of the molecule is Cc1ccc(CCC(=O)N2CCN(Cc3ccc4c(c3)OCO4)CC2)cc1. The average molecular weight is 366 g/mol. The third-order valence-electron chi connectivity index (χ3n) is 5.32. The van der Waals surface area contributed by atoms with Gasteiger partial charge >= 0.3 is 0 Å². The van der Waals surface area contributed by atoms with Gasteiger partial charge in [-0.05, 0) is 36.6 Å². The standard InChI is InChI=1S/C22H26N2O3/c1-17-2-4-18(5-3-17)7-9-22(25)24-12-10-23(11-13-24)15-19-6-8-20-21(14-19)27-16-26-20/h2-6,8,14H,7,9-13,15-16H2,1H3. The van der Waals surface area contributed by atoms with Gasteiger partial charge in [0.15, 0.2) is 11.5 Å². The Morgan fingerprint density at radius 2 is 1.63 bits per heavy atom. The van der Waals surface area contributed by atoms with E-state index in [1.165, 1.54) is 16.7 Å². The Morgan fingerprint density at radius 3 is 2.41 bits per heavy atom. The van der Waals surface area contributed by atoms with E-state index in [2.05, 4.69) is 48.2 Å². The Kier molecular flexibility index (Phi) is 5.30. The van der Waals surface area contributed by atoms with Crippen molar-refractivity contribution in [2.75, 3.05) is 33.0 Å². The van der Waals surface area contributed by atoms with E-state index in [1.54, 1.807) is 0 Å². The van der Waals surface area contributed by atoms with Crippen molar-refractivity contribution in [1.82, 2.24) is 9.80 Å². The summed E-state index contributed by atoms with van der Waals surface area (Å²) in [5, 5.41) is 0. The summed E-state index contributed by atoms with van der Waals surface area (Å²) < 4.78 is 10.8. The lowest BCUT2D eigenvalue weighted by Crippen LogP contribution is -2.48. The van der Waals surface area contributed by atoms with Gasteiger partial charge in [0, 0.05) is 39.1 Å². The maximum Gasteiger partial charge on any atom is 0.231 e. The topological polar surface area (TPSA) is 42.0 Å². The first-order valence-electron chi connectivity index (χ1n) is 9.61. The summed E-state index contributed by atoms with van der Waals surface area (Å²) in [5.41, 5.74) is 3.71. The molecule has 1 amide bonds. The molecule has 0 spiro atoms. The Hall–Kier alpha value is -2.53. The average Bonchev–Trinajstić information content (AvgIpc) is 3.16. The molecule has 0 saturated carbocycles. The van der Waals surface area contributed by atoms with Gasteiger partial charge in [0.05, 0.1) is 0 Å². The lowest BCUT2D eigenvalue weighted by Gasteiger charge is -2.34. The molecule has 0 bridgehead atoms. The molecule has 2 aromatic carbocycles. The van der Waals surface area contributed by atoms with E-state index in [1.807, 2.05) is 11.0 Å². The van der Waals surface area contributed by atoms with Gasteiger partial charge < -0.3 is 14.4 Å². The van der Waals surface area contributed by atoms with Gasteiger partial charge in [-0.3, -0.25) is 9.69 Å². The highest BCUT2D eigenvalue weighted by Gasteiger charge is 2.21. The lowest BCUT2D eigenvalue weighted by molar-refractivity contribution is -0.133. The molecule has 5 heteroatoms. The molecular formula is C22H26N2O3. The third-order valence-corrected chi connectivity index (χ3v) is 5.32. The van der Waals surface area contributed by atoms with Crippen LogP contribution >= 0.6 is 0 Å². The van der Waals surface area contributed by atoms with E-state index in [-0.39, 0.29) is 5.91 Å². The summed E-state index contributed by atoms with van der Waals surface area (Å²) >= 11 is 0. The van der Waals surface area contributed by atoms with E-state index in [0.717, 1.165) is 50.6 Å². The molecule has 0 N–H and O–H groups in total. The van der Waals surface area contributed by atoms with Crippen LogP contribution in [-0.2, 0) is 17.8 Å². The Balaban J connectivity index is 1.23. The predicted molar refractivity (Wildman–Crippen MR) is 104 cm³/mol. The van der Waals surface area contributed by atoms with Crippen LogP contribution in [0.1, 0.15) is 23.1 Å². The Morgan fingerprint density at radius 1 is 0.926 bits per heavy atom. The van der Waals surface area contributed by atoms with Crippen LogP contribution in [0.5, 0.6) is 11.5 Å². The van der Waals surface area contributed by atoms with Crippen molar-refractivity contribution in [1.29, 1.82) is 0 Å². The minimum absolute atomic E-state index is 0.262. The van der Waals surface area contributed by atoms with E-state index in [9.17, 15) is 4.79 Å². The highest BCUT2D eigenvalue weighted by molar-refractivity contribution is 5.76. The quantitative estimate of drug-likeness (QED) is 0.816. The molecule has 0 unspecified atom stereocenters. The number of carbonyl (C=O) groups excluding carboxylic acids is 1. The highest BCUT2D eigenvalue weighted by Crippen LogP contribution is 2.32. The summed E-state index contributed by atoms with van der Waals surface area (Å²) in [6.07, 6.45) is 1.40. The van der Waals surface area contributed by atoms with Crippen LogP contribution in [0.2, 0.25) is 0 Å². The molecule has 0 atom stereocenters. The number of aryl methyl sites for hydroxylation is 2. The maximum atomic E-state index is 12.5. The fourth-order valence-corrected chi connectivity index (χ4v) is 3.62. The zero-order valence-electron chi connectivity index (χ0n) is 15.8. The zero-order valence-corrected chi connectivity index (χ0v) is 15.8. The van der Waals surface area contributed by atoms with Gasteiger partial charge in [-0.25, -0.2) is 0 Å². The number of benzene rings is 2. The van der Waals surface area contributed by atoms with Crippen LogP contribution in [0, 0.1) is 6.92 Å². The highest BCUT2D eigenvalue weighted by atomic mass is 16.7. The molecule has 27 heavy (non-hydrogen) atoms. The molecule has 2 aliphatic rings. The monoisotopic (exact) mass is 366 g/mol. The van der Waals surface area contributed by atoms with E-state index < -0.39 is 0 Å². The predicted octanol–water partition coefficient (Wildman–Crippen LogP) is 3.00. The van der Waals surface area contributed by atoms with Gasteiger partial charge in [-0.2, -0.15) is 0 Å². The van der Waals surface area contributed by atoms with Crippen LogP contribution in [0.3, 0.4) is 0 Å². The zero-order chi connectivity index (χ0) is 18.6. The number of ether oxygens (including phenoxy) is 2. The normalized spacial score (nSPS) is 16.6. The molecule has 142 valence electrons. The largest absolute Gasteiger partial charge is 0.454 e. The molecule has 1 fully saturated rings. The van der Waals surface area contributed by atoms with E-state index >= 15 is 0 Å². The number of nitrogens with zero attached hydrogens (tertiary/aromatic N) is 2. The number of amides is 1. The molecular weight excluding hydrogens is 340 g/mol. The number of carbonyl (C=O) groups is 1. The van der Waals surface area contributed by atoms with Gasteiger partial charge in [-0.15, -0.1) is 0 Å². The molecule has 0 aliphatic carbocycles. The second-order valence-corrected chi connectivity index (χ2v) is 7.33. The molecule has 5 nitrogen and oxygen atoms in total. The van der Waals surface area contributed by atoms with Crippen LogP contribution in [0.15, 0.2) is 42.5 Å². The first kappa shape index (κ1) is 17.9. The minimum atomic E-state index is 0.262. The molecule has 0 radical (unpaired) electrons. The van der Waals surface area contributed by atoms with Gasteiger partial charge in [0.2, 0.25) is 12.7 Å². The third kappa shape index (κ3) is 4.42. The van der Waals surface area contributed by atoms with Gasteiger partial charge in [0.25, 0.3) is 0 Å². The molecule has 2 heterocycles. The van der Waals surface area contributed by atoms with E-state index in [4.69, 9.17) is 9.47 Å². The summed E-state index contributed by atoms with van der Waals surface area (Å²) in [4.78, 5) is 16.9. The number of piperazine rings is 1. The number of rotatable bonds is 5. The second-order valence-electron chi connectivity index (χ2n) is 7.33. The van der Waals surface area contributed by atoms with Crippen molar-refractivity contribution >= 4 is 5.91 Å². The minimum Gasteiger partial charge on any atom is -0.454 e. The van der Waals surface area contributed by atoms with Crippen LogP contribution in [0.25, 0.3) is 0 Å². The van der Waals surface area contributed by atoms with E-state index in [0.29, 0.717) is 13.2 Å². The molecule has 2 aliphatic heterocycles. The van der Waals surface area contributed by atoms with Crippen LogP contribution in [0.4, 0.5) is 0 Å². The lowest BCUT2D eigenvalue weighted by atomic mass is 10.1. The first-order chi connectivity index (χ1) is 13.2. The number of hydrogen-bond acceptors (Lipinski definition) is 4. The fourth-order valence-electron chi connectivity index (χ4n) is 3.62. The molecule has 1 saturated heterocycles. The number of hydrogen-bond donors (Lipinski definition) is 0. The van der Waals surface area contributed by atoms with Crippen molar-refractivity contribution in [3.8, 4) is 11.5 Å². The van der Waals surface area contributed by atoms with Crippen LogP contribution < -0.4 is 9.47 Å². The summed E-state index contributed by atoms with van der Waals surface area (Å²) in [6.45, 7) is 6.69. The smallest absolute Gasteiger partial charge is 0.231 e. The van der Waals surface area contributed by atoms with Crippen molar-refractivity contribution < 1.29 is 14.3 Å². The summed E-state index contributed by atoms with van der Waals surface area (Å²) in [5.74, 6) is 1.92. The van der Waals surface area contributed by atoms with Crippen molar-refractivity contribution in [3.05, 3.63) is 59.2 Å². The molecule has 0 aromatic heterocycles. The fraction of sp³-hybridized carbons (Fsp3) is 0.409. The second kappa shape index (κ2) is 8.01. The van der Waals surface area contributed by atoms with Gasteiger partial charge in [-0.1, -0.05) is 35.9 Å². The summed E-state index contributed by atoms with van der Waals surface area (Å²) in [6, 6.07) is 14.6. The maximum absolute atomic E-state index is 12.5. The Bertz CT molecular complexity index is 796. The number of fused-ring (bicyclic) bond motifs is 1. The van der Waals surface area contributed by atoms with Crippen molar-refractivity contribution in [2.45, 2.75) is 26.3 Å². The van der Waals surface area contributed by atoms with Gasteiger partial charge in [0.1, 0.15) is 0 Å². The first-order valence-corrected chi connectivity index (χ1v) is 9.61. The molecule has 4 rings (SSSR count). The van der Waals surface area contributed by atoms with Crippen molar-refractivity contribution in [2.24, 2.45) is 0 Å². The molecule has 2 aromatic rings. The Labute approximate surface area is 160 Å². The van der Waals surface area contributed by atoms with Crippen molar-refractivity contribution in [3.63, 3.8) is 0 Å². The summed E-state index contributed by atoms with van der Waals surface area (Å²) in [7, 11) is 0. The van der Waals surface area contributed by atoms with Crippen LogP contribution in [-0.4, -0.2) is 48.7 Å².